The van der Waals surface area contributed by atoms with E-state index >= 15 is 0 Å². The van der Waals surface area contributed by atoms with E-state index in [-0.39, 0.29) is 12.5 Å². The molecule has 1 saturated heterocycles. The van der Waals surface area contributed by atoms with Crippen LogP contribution in [0.3, 0.4) is 0 Å². The maximum Gasteiger partial charge on any atom is 0.260 e. The quantitative estimate of drug-likeness (QED) is 0.654. The minimum Gasteiger partial charge on any atom is -0.482 e. The van der Waals surface area contributed by atoms with Crippen LogP contribution in [0.4, 0.5) is 0 Å². The third kappa shape index (κ3) is 6.13. The lowest BCUT2D eigenvalue weighted by molar-refractivity contribution is -0.135. The number of likely N-dealkylation sites (tertiary alicyclic amines) is 1. The Morgan fingerprint density at radius 3 is 2.67 bits per heavy atom. The number of carbonyl (C=O) groups is 1. The van der Waals surface area contributed by atoms with E-state index in [2.05, 4.69) is 0 Å². The standard InChI is InChI=1S/C17H23Cl2NO4/c1-22-8-9-23-11-13-4-6-20(7-5-13)17(21)12-24-16-3-2-14(18)10-15(16)19/h2-3,10,13H,4-9,11-12H2,1H3. The van der Waals surface area contributed by atoms with Crippen molar-refractivity contribution in [3.05, 3.63) is 28.2 Å². The summed E-state index contributed by atoms with van der Waals surface area (Å²) in [6.07, 6.45) is 1.89. The van der Waals surface area contributed by atoms with Crippen molar-refractivity contribution in [2.75, 3.05) is 46.6 Å². The van der Waals surface area contributed by atoms with Gasteiger partial charge in [0.2, 0.25) is 0 Å². The second-order valence-corrected chi connectivity index (χ2v) is 6.60. The number of methoxy groups -OCH3 is 1. The predicted octanol–water partition coefficient (Wildman–Crippen LogP) is 3.27. The van der Waals surface area contributed by atoms with Gasteiger partial charge in [0.25, 0.3) is 5.91 Å². The second kappa shape index (κ2) is 10.1. The maximum absolute atomic E-state index is 12.2. The van der Waals surface area contributed by atoms with Crippen molar-refractivity contribution in [2.45, 2.75) is 12.8 Å². The highest BCUT2D eigenvalue weighted by Crippen LogP contribution is 2.27. The first kappa shape index (κ1) is 19.3. The molecule has 0 N–H and O–H groups in total. The van der Waals surface area contributed by atoms with E-state index in [0.29, 0.717) is 34.9 Å². The molecule has 1 heterocycles. The number of hydrogen-bond donors (Lipinski definition) is 0. The minimum absolute atomic E-state index is 0.0175. The van der Waals surface area contributed by atoms with Crippen molar-refractivity contribution in [3.63, 3.8) is 0 Å². The molecule has 0 unspecified atom stereocenters. The lowest BCUT2D eigenvalue weighted by Gasteiger charge is -2.31. The average molecular weight is 376 g/mol. The lowest BCUT2D eigenvalue weighted by Crippen LogP contribution is -2.41. The first-order valence-corrected chi connectivity index (χ1v) is 8.78. The number of carbonyl (C=O) groups excluding carboxylic acids is 1. The van der Waals surface area contributed by atoms with Gasteiger partial charge in [0.05, 0.1) is 18.2 Å². The molecular weight excluding hydrogens is 353 g/mol. The van der Waals surface area contributed by atoms with E-state index < -0.39 is 0 Å². The van der Waals surface area contributed by atoms with Crippen molar-refractivity contribution in [2.24, 2.45) is 5.92 Å². The third-order valence-corrected chi connectivity index (χ3v) is 4.53. The monoisotopic (exact) mass is 375 g/mol. The Morgan fingerprint density at radius 2 is 2.00 bits per heavy atom. The summed E-state index contributed by atoms with van der Waals surface area (Å²) in [6.45, 7) is 3.40. The Kier molecular flexibility index (Phi) is 8.12. The Morgan fingerprint density at radius 1 is 1.25 bits per heavy atom. The van der Waals surface area contributed by atoms with E-state index in [1.807, 2.05) is 4.90 Å². The molecule has 0 radical (unpaired) electrons. The zero-order valence-corrected chi connectivity index (χ0v) is 15.3. The van der Waals surface area contributed by atoms with Crippen LogP contribution in [0.1, 0.15) is 12.8 Å². The molecule has 0 spiro atoms. The number of hydrogen-bond acceptors (Lipinski definition) is 4. The summed E-state index contributed by atoms with van der Waals surface area (Å²) in [5.41, 5.74) is 0. The zero-order valence-electron chi connectivity index (χ0n) is 13.8. The molecule has 0 aliphatic carbocycles. The Hall–Kier alpha value is -1.01. The highest BCUT2D eigenvalue weighted by molar-refractivity contribution is 6.35. The SMILES string of the molecule is COCCOCC1CCN(C(=O)COc2ccc(Cl)cc2Cl)CC1. The molecule has 0 aromatic heterocycles. The van der Waals surface area contributed by atoms with Crippen molar-refractivity contribution < 1.29 is 19.0 Å². The highest BCUT2D eigenvalue weighted by atomic mass is 35.5. The normalized spacial score (nSPS) is 15.5. The van der Waals surface area contributed by atoms with Gasteiger partial charge in [0.15, 0.2) is 6.61 Å². The summed E-state index contributed by atoms with van der Waals surface area (Å²) in [6, 6.07) is 4.95. The number of halogens is 2. The summed E-state index contributed by atoms with van der Waals surface area (Å²) in [7, 11) is 1.66. The van der Waals surface area contributed by atoms with Crippen molar-refractivity contribution in [3.8, 4) is 5.75 Å². The largest absolute Gasteiger partial charge is 0.482 e. The molecule has 1 aromatic carbocycles. The van der Waals surface area contributed by atoms with E-state index in [4.69, 9.17) is 37.4 Å². The highest BCUT2D eigenvalue weighted by Gasteiger charge is 2.23. The number of benzene rings is 1. The third-order valence-electron chi connectivity index (χ3n) is 4.00. The first-order valence-electron chi connectivity index (χ1n) is 8.02. The van der Waals surface area contributed by atoms with Crippen LogP contribution in [0, 0.1) is 5.92 Å². The van der Waals surface area contributed by atoms with Crippen molar-refractivity contribution in [1.29, 1.82) is 0 Å². The van der Waals surface area contributed by atoms with Gasteiger partial charge in [-0.1, -0.05) is 23.2 Å². The fraction of sp³-hybridized carbons (Fsp3) is 0.588. The molecule has 1 aliphatic rings. The molecule has 5 nitrogen and oxygen atoms in total. The van der Waals surface area contributed by atoms with Gasteiger partial charge in [0.1, 0.15) is 5.75 Å². The first-order chi connectivity index (χ1) is 11.6. The topological polar surface area (TPSA) is 48.0 Å². The van der Waals surface area contributed by atoms with Gasteiger partial charge in [-0.15, -0.1) is 0 Å². The molecule has 0 bridgehead atoms. The summed E-state index contributed by atoms with van der Waals surface area (Å²) >= 11 is 11.9. The molecule has 0 atom stereocenters. The number of rotatable bonds is 8. The van der Waals surface area contributed by atoms with Gasteiger partial charge in [-0.3, -0.25) is 4.79 Å². The van der Waals surface area contributed by atoms with Crippen LogP contribution in [0.15, 0.2) is 18.2 Å². The molecule has 1 aromatic rings. The van der Waals surface area contributed by atoms with Crippen LogP contribution in [0.2, 0.25) is 10.0 Å². The van der Waals surface area contributed by atoms with E-state index in [1.165, 1.54) is 0 Å². The molecule has 7 heteroatoms. The predicted molar refractivity (Wildman–Crippen MR) is 94.0 cm³/mol. The Balaban J connectivity index is 1.69. The molecule has 1 fully saturated rings. The molecule has 1 amide bonds. The lowest BCUT2D eigenvalue weighted by atomic mass is 9.98. The summed E-state index contributed by atoms with van der Waals surface area (Å²) < 4.78 is 16.0. The number of ether oxygens (including phenoxy) is 3. The van der Waals surface area contributed by atoms with Gasteiger partial charge in [0, 0.05) is 31.8 Å². The maximum atomic E-state index is 12.2. The zero-order chi connectivity index (χ0) is 17.4. The summed E-state index contributed by atoms with van der Waals surface area (Å²) in [5, 5.41) is 0.940. The summed E-state index contributed by atoms with van der Waals surface area (Å²) in [4.78, 5) is 14.1. The molecule has 1 aliphatic heterocycles. The molecule has 24 heavy (non-hydrogen) atoms. The van der Waals surface area contributed by atoms with Gasteiger partial charge >= 0.3 is 0 Å². The van der Waals surface area contributed by atoms with Crippen LogP contribution < -0.4 is 4.74 Å². The minimum atomic E-state index is -0.0280. The number of nitrogens with zero attached hydrogens (tertiary/aromatic N) is 1. The van der Waals surface area contributed by atoms with Crippen LogP contribution in [0.5, 0.6) is 5.75 Å². The molecular formula is C17H23Cl2NO4. The fourth-order valence-electron chi connectivity index (χ4n) is 2.56. The van der Waals surface area contributed by atoms with E-state index in [9.17, 15) is 4.79 Å². The number of piperidine rings is 1. The van der Waals surface area contributed by atoms with Crippen LogP contribution >= 0.6 is 23.2 Å². The van der Waals surface area contributed by atoms with Crippen LogP contribution in [-0.4, -0.2) is 57.4 Å². The van der Waals surface area contributed by atoms with Crippen molar-refractivity contribution in [1.82, 2.24) is 4.90 Å². The van der Waals surface area contributed by atoms with Crippen molar-refractivity contribution >= 4 is 29.1 Å². The summed E-state index contributed by atoms with van der Waals surface area (Å²) in [5.74, 6) is 0.938. The smallest absolute Gasteiger partial charge is 0.260 e. The average Bonchev–Trinajstić information content (AvgIpc) is 2.58. The van der Waals surface area contributed by atoms with Gasteiger partial charge in [-0.05, 0) is 37.0 Å². The molecule has 2 rings (SSSR count). The second-order valence-electron chi connectivity index (χ2n) is 5.76. The number of amides is 1. The Labute approximate surface area is 152 Å². The Bertz CT molecular complexity index is 533. The fourth-order valence-corrected chi connectivity index (χ4v) is 3.03. The van der Waals surface area contributed by atoms with Crippen LogP contribution in [-0.2, 0) is 14.3 Å². The van der Waals surface area contributed by atoms with Gasteiger partial charge in [-0.2, -0.15) is 0 Å². The van der Waals surface area contributed by atoms with E-state index in [0.717, 1.165) is 32.5 Å². The van der Waals surface area contributed by atoms with Crippen LogP contribution in [0.25, 0.3) is 0 Å². The molecule has 134 valence electrons. The van der Waals surface area contributed by atoms with Gasteiger partial charge in [-0.25, -0.2) is 0 Å². The molecule has 0 saturated carbocycles. The van der Waals surface area contributed by atoms with Gasteiger partial charge < -0.3 is 19.1 Å². The van der Waals surface area contributed by atoms with E-state index in [1.54, 1.807) is 25.3 Å².